The molecule has 3 aromatic carbocycles. The number of carbonyl (C=O) groups is 1. The van der Waals surface area contributed by atoms with E-state index in [9.17, 15) is 14.7 Å². The van der Waals surface area contributed by atoms with E-state index in [1.54, 1.807) is 43.7 Å². The van der Waals surface area contributed by atoms with Crippen molar-refractivity contribution in [3.05, 3.63) is 95.5 Å². The normalized spacial score (nSPS) is 14.1. The first kappa shape index (κ1) is 28.3. The lowest BCUT2D eigenvalue weighted by molar-refractivity contribution is 0.0696. The predicted octanol–water partition coefficient (Wildman–Crippen LogP) is 6.98. The second-order valence-corrected chi connectivity index (χ2v) is 11.7. The van der Waals surface area contributed by atoms with Gasteiger partial charge in [-0.3, -0.25) is 4.79 Å². The first-order chi connectivity index (χ1) is 19.3. The highest BCUT2D eigenvalue weighted by Crippen LogP contribution is 2.35. The van der Waals surface area contributed by atoms with Crippen molar-refractivity contribution in [2.45, 2.75) is 44.6 Å². The molecule has 0 unspecified atom stereocenters. The molecular weight excluding hydrogens is 689 g/mol. The van der Waals surface area contributed by atoms with Crippen LogP contribution >= 0.6 is 38.5 Å². The average Bonchev–Trinajstić information content (AvgIpc) is 2.96. The molecule has 206 valence electrons. The molecule has 1 fully saturated rings. The van der Waals surface area contributed by atoms with Crippen LogP contribution in [-0.2, 0) is 6.61 Å². The number of benzene rings is 3. The van der Waals surface area contributed by atoms with Crippen molar-refractivity contribution in [3.8, 4) is 11.5 Å². The smallest absolute Gasteiger partial charge is 0.335 e. The van der Waals surface area contributed by atoms with Crippen LogP contribution in [0.2, 0.25) is 0 Å². The molecule has 0 amide bonds. The standard InChI is InChI=1S/C30H27BrIN3O5/c1-39-26-14-19(13-24(32)27(26)40-17-18-6-5-9-21(12-18)30(37)38)16-33-35-28(20-7-3-2-4-8-20)34-25-11-10-22(31)15-23(25)29(35)36/h5-6,9-16,20H,2-4,7-8,17H2,1H3,(H,37,38). The number of nitrogens with zero attached hydrogens (tertiary/aromatic N) is 3. The van der Waals surface area contributed by atoms with Gasteiger partial charge in [0.2, 0.25) is 0 Å². The summed E-state index contributed by atoms with van der Waals surface area (Å²) < 4.78 is 14.7. The van der Waals surface area contributed by atoms with Crippen LogP contribution in [0.25, 0.3) is 10.9 Å². The Morgan fingerprint density at radius 3 is 2.73 bits per heavy atom. The monoisotopic (exact) mass is 715 g/mol. The third kappa shape index (κ3) is 6.22. The lowest BCUT2D eigenvalue weighted by Gasteiger charge is -2.22. The average molecular weight is 716 g/mol. The van der Waals surface area contributed by atoms with E-state index in [1.165, 1.54) is 11.1 Å². The highest BCUT2D eigenvalue weighted by molar-refractivity contribution is 14.1. The Morgan fingerprint density at radius 2 is 1.98 bits per heavy atom. The van der Waals surface area contributed by atoms with E-state index in [2.05, 4.69) is 43.6 Å². The zero-order chi connectivity index (χ0) is 28.2. The molecule has 0 bridgehead atoms. The third-order valence-corrected chi connectivity index (χ3v) is 8.23. The summed E-state index contributed by atoms with van der Waals surface area (Å²) in [7, 11) is 1.56. The number of hydrogen-bond donors (Lipinski definition) is 1. The molecule has 40 heavy (non-hydrogen) atoms. The Morgan fingerprint density at radius 1 is 1.18 bits per heavy atom. The summed E-state index contributed by atoms with van der Waals surface area (Å²) in [6.07, 6.45) is 7.03. The Balaban J connectivity index is 1.47. The first-order valence-corrected chi connectivity index (χ1v) is 14.8. The molecule has 0 atom stereocenters. The van der Waals surface area contributed by atoms with E-state index in [1.807, 2.05) is 24.3 Å². The number of rotatable bonds is 8. The van der Waals surface area contributed by atoms with E-state index in [0.717, 1.165) is 44.9 Å². The van der Waals surface area contributed by atoms with Crippen molar-refractivity contribution in [2.75, 3.05) is 7.11 Å². The number of ether oxygens (including phenoxy) is 2. The SMILES string of the molecule is COc1cc(C=Nn2c(C3CCCCC3)nc3ccc(Br)cc3c2=O)cc(I)c1OCc1cccc(C(=O)O)c1. The van der Waals surface area contributed by atoms with Gasteiger partial charge in [-0.05, 0) is 89.0 Å². The maximum atomic E-state index is 13.6. The van der Waals surface area contributed by atoms with Gasteiger partial charge in [-0.2, -0.15) is 9.78 Å². The van der Waals surface area contributed by atoms with E-state index >= 15 is 0 Å². The molecule has 1 aliphatic carbocycles. The van der Waals surface area contributed by atoms with Crippen LogP contribution in [0.3, 0.4) is 0 Å². The quantitative estimate of drug-likeness (QED) is 0.156. The van der Waals surface area contributed by atoms with Gasteiger partial charge in [0.1, 0.15) is 12.4 Å². The summed E-state index contributed by atoms with van der Waals surface area (Å²) in [5, 5.41) is 14.4. The van der Waals surface area contributed by atoms with Crippen LogP contribution in [0.5, 0.6) is 11.5 Å². The number of fused-ring (bicyclic) bond motifs is 1. The fraction of sp³-hybridized carbons (Fsp3) is 0.267. The van der Waals surface area contributed by atoms with Gasteiger partial charge in [0.25, 0.3) is 5.56 Å². The van der Waals surface area contributed by atoms with Gasteiger partial charge in [0, 0.05) is 10.4 Å². The molecule has 1 saturated carbocycles. The summed E-state index contributed by atoms with van der Waals surface area (Å²) in [5.41, 5.74) is 2.14. The molecule has 1 N–H and O–H groups in total. The van der Waals surface area contributed by atoms with Crippen molar-refractivity contribution in [2.24, 2.45) is 5.10 Å². The van der Waals surface area contributed by atoms with Crippen molar-refractivity contribution >= 4 is 61.6 Å². The Labute approximate surface area is 253 Å². The number of carboxylic acids is 1. The number of methoxy groups -OCH3 is 1. The van der Waals surface area contributed by atoms with Gasteiger partial charge < -0.3 is 14.6 Å². The van der Waals surface area contributed by atoms with E-state index in [0.29, 0.717) is 28.2 Å². The van der Waals surface area contributed by atoms with E-state index in [-0.39, 0.29) is 23.6 Å². The van der Waals surface area contributed by atoms with Crippen molar-refractivity contribution in [1.82, 2.24) is 9.66 Å². The van der Waals surface area contributed by atoms with Crippen LogP contribution in [0.15, 0.2) is 69.0 Å². The number of aromatic carboxylic acids is 1. The Hall–Kier alpha value is -3.25. The topological polar surface area (TPSA) is 103 Å². The van der Waals surface area contributed by atoms with Crippen LogP contribution in [0, 0.1) is 3.57 Å². The lowest BCUT2D eigenvalue weighted by Crippen LogP contribution is -2.25. The molecule has 1 heterocycles. The molecule has 1 aromatic heterocycles. The summed E-state index contributed by atoms with van der Waals surface area (Å²) >= 11 is 5.63. The maximum Gasteiger partial charge on any atom is 0.335 e. The fourth-order valence-electron chi connectivity index (χ4n) is 4.93. The summed E-state index contributed by atoms with van der Waals surface area (Å²) in [4.78, 5) is 29.8. The van der Waals surface area contributed by atoms with Crippen molar-refractivity contribution in [3.63, 3.8) is 0 Å². The number of halogens is 2. The molecule has 0 radical (unpaired) electrons. The van der Waals surface area contributed by atoms with Gasteiger partial charge in [-0.15, -0.1) is 0 Å². The Kier molecular flexibility index (Phi) is 8.84. The molecule has 0 spiro atoms. The van der Waals surface area contributed by atoms with Gasteiger partial charge in [-0.25, -0.2) is 9.78 Å². The van der Waals surface area contributed by atoms with Crippen LogP contribution in [-0.4, -0.2) is 34.1 Å². The van der Waals surface area contributed by atoms with E-state index < -0.39 is 5.97 Å². The highest BCUT2D eigenvalue weighted by Gasteiger charge is 2.22. The van der Waals surface area contributed by atoms with Gasteiger partial charge in [-0.1, -0.05) is 47.3 Å². The number of hydrogen-bond acceptors (Lipinski definition) is 6. The molecule has 1 aliphatic rings. The molecule has 5 rings (SSSR count). The number of aromatic nitrogens is 2. The molecule has 8 nitrogen and oxygen atoms in total. The summed E-state index contributed by atoms with van der Waals surface area (Å²) in [5.74, 6) is 0.928. The van der Waals surface area contributed by atoms with Crippen molar-refractivity contribution < 1.29 is 19.4 Å². The maximum absolute atomic E-state index is 13.6. The zero-order valence-electron chi connectivity index (χ0n) is 21.8. The van der Waals surface area contributed by atoms with Crippen LogP contribution in [0.4, 0.5) is 0 Å². The lowest BCUT2D eigenvalue weighted by atomic mass is 9.88. The molecule has 0 saturated heterocycles. The minimum absolute atomic E-state index is 0.178. The Bertz CT molecular complexity index is 1660. The van der Waals surface area contributed by atoms with Crippen LogP contribution in [0.1, 0.15) is 65.3 Å². The predicted molar refractivity (Wildman–Crippen MR) is 166 cm³/mol. The van der Waals surface area contributed by atoms with Gasteiger partial charge >= 0.3 is 5.97 Å². The second kappa shape index (κ2) is 12.5. The van der Waals surface area contributed by atoms with Crippen LogP contribution < -0.4 is 15.0 Å². The second-order valence-electron chi connectivity index (χ2n) is 9.66. The van der Waals surface area contributed by atoms with E-state index in [4.69, 9.17) is 14.5 Å². The van der Waals surface area contributed by atoms with Crippen molar-refractivity contribution in [1.29, 1.82) is 0 Å². The molecular formula is C30H27BrIN3O5. The fourth-order valence-corrected chi connectivity index (χ4v) is 6.07. The number of carboxylic acid groups (broad SMARTS) is 1. The minimum Gasteiger partial charge on any atom is -0.493 e. The minimum atomic E-state index is -0.988. The summed E-state index contributed by atoms with van der Waals surface area (Å²) in [6, 6.07) is 15.9. The van der Waals surface area contributed by atoms with Gasteiger partial charge in [0.05, 0.1) is 33.4 Å². The molecule has 10 heteroatoms. The van der Waals surface area contributed by atoms with Gasteiger partial charge in [0.15, 0.2) is 11.5 Å². The first-order valence-electron chi connectivity index (χ1n) is 12.9. The molecule has 4 aromatic rings. The largest absolute Gasteiger partial charge is 0.493 e. The summed E-state index contributed by atoms with van der Waals surface area (Å²) in [6.45, 7) is 0.180. The highest BCUT2D eigenvalue weighted by atomic mass is 127. The molecule has 0 aliphatic heterocycles. The third-order valence-electron chi connectivity index (χ3n) is 6.93. The zero-order valence-corrected chi connectivity index (χ0v) is 25.5.